The molecule has 6 nitrogen and oxygen atoms in total. The molecule has 0 saturated carbocycles. The van der Waals surface area contributed by atoms with Crippen LogP contribution in [-0.2, 0) is 37.1 Å². The molecule has 1 amide bonds. The van der Waals surface area contributed by atoms with E-state index < -0.39 is 0 Å². The van der Waals surface area contributed by atoms with Gasteiger partial charge in [-0.3, -0.25) is 9.36 Å². The first kappa shape index (κ1) is 20.2. The average molecular weight is 437 g/mol. The van der Waals surface area contributed by atoms with Crippen molar-refractivity contribution in [1.82, 2.24) is 19.7 Å². The van der Waals surface area contributed by atoms with Gasteiger partial charge >= 0.3 is 5.69 Å². The first-order valence-electron chi connectivity index (χ1n) is 11.3. The monoisotopic (exact) mass is 436 g/mol. The molecule has 31 heavy (non-hydrogen) atoms. The average Bonchev–Trinajstić information content (AvgIpc) is 3.34. The minimum atomic E-state index is -0.212. The van der Waals surface area contributed by atoms with Crippen molar-refractivity contribution in [2.24, 2.45) is 0 Å². The van der Waals surface area contributed by atoms with Crippen LogP contribution >= 0.6 is 11.3 Å². The number of carbonyl (C=O) groups excluding carboxylic acids is 1. The largest absolute Gasteiger partial charge is 0.346 e. The lowest BCUT2D eigenvalue weighted by atomic mass is 9.89. The fourth-order valence-electron chi connectivity index (χ4n) is 4.78. The van der Waals surface area contributed by atoms with Crippen molar-refractivity contribution >= 4 is 17.2 Å². The number of hydrogen-bond acceptors (Lipinski definition) is 4. The Labute approximate surface area is 185 Å². The maximum atomic E-state index is 13.0. The molecule has 0 unspecified atom stereocenters. The van der Waals surface area contributed by atoms with Gasteiger partial charge in [-0.2, -0.15) is 5.10 Å². The normalized spacial score (nSPS) is 16.8. The topological polar surface area (TPSA) is 68.9 Å². The van der Waals surface area contributed by atoms with Crippen LogP contribution in [0.4, 0.5) is 0 Å². The SMILES string of the molecule is O=C(Cn1nc2n(c1=O)CCCCC2)N[C@@H](c1ccc2c(c1)CCCC2)c1cccs1. The highest BCUT2D eigenvalue weighted by atomic mass is 32.1. The van der Waals surface area contributed by atoms with Crippen molar-refractivity contribution in [1.29, 1.82) is 0 Å². The molecule has 1 N–H and O–H groups in total. The number of amides is 1. The summed E-state index contributed by atoms with van der Waals surface area (Å²) in [4.78, 5) is 26.8. The number of carbonyl (C=O) groups is 1. The molecule has 0 bridgehead atoms. The molecule has 1 aliphatic heterocycles. The highest BCUT2D eigenvalue weighted by molar-refractivity contribution is 7.10. The molecule has 1 atom stereocenters. The summed E-state index contributed by atoms with van der Waals surface area (Å²) in [7, 11) is 0. The Kier molecular flexibility index (Phi) is 5.76. The summed E-state index contributed by atoms with van der Waals surface area (Å²) in [6, 6.07) is 10.5. The number of fused-ring (bicyclic) bond motifs is 2. The fraction of sp³-hybridized carbons (Fsp3) is 0.458. The van der Waals surface area contributed by atoms with Gasteiger partial charge in [0.15, 0.2) is 0 Å². The van der Waals surface area contributed by atoms with Crippen molar-refractivity contribution < 1.29 is 4.79 Å². The Morgan fingerprint density at radius 1 is 1.06 bits per heavy atom. The van der Waals surface area contributed by atoms with Crippen molar-refractivity contribution in [3.05, 3.63) is 73.6 Å². The molecule has 1 aliphatic carbocycles. The van der Waals surface area contributed by atoms with Crippen LogP contribution in [0.2, 0.25) is 0 Å². The first-order valence-corrected chi connectivity index (χ1v) is 12.2. The Bertz CT molecular complexity index is 1130. The van der Waals surface area contributed by atoms with Crippen molar-refractivity contribution in [2.75, 3.05) is 0 Å². The van der Waals surface area contributed by atoms with E-state index >= 15 is 0 Å². The van der Waals surface area contributed by atoms with Gasteiger partial charge in [0.05, 0.1) is 6.04 Å². The number of aromatic nitrogens is 3. The van der Waals surface area contributed by atoms with Gasteiger partial charge < -0.3 is 5.32 Å². The summed E-state index contributed by atoms with van der Waals surface area (Å²) < 4.78 is 3.06. The van der Waals surface area contributed by atoms with E-state index in [-0.39, 0.29) is 24.2 Å². The van der Waals surface area contributed by atoms with Gasteiger partial charge in [0, 0.05) is 17.8 Å². The highest BCUT2D eigenvalue weighted by Gasteiger charge is 2.22. The number of thiophene rings is 1. The van der Waals surface area contributed by atoms with Crippen molar-refractivity contribution in [3.8, 4) is 0 Å². The molecule has 162 valence electrons. The Morgan fingerprint density at radius 2 is 1.90 bits per heavy atom. The van der Waals surface area contributed by atoms with Crippen LogP contribution in [0, 0.1) is 0 Å². The molecule has 0 spiro atoms. The maximum absolute atomic E-state index is 13.0. The third-order valence-corrected chi connectivity index (χ3v) is 7.35. The second kappa shape index (κ2) is 8.83. The number of aryl methyl sites for hydroxylation is 3. The lowest BCUT2D eigenvalue weighted by molar-refractivity contribution is -0.122. The van der Waals surface area contributed by atoms with E-state index in [0.29, 0.717) is 6.54 Å². The van der Waals surface area contributed by atoms with Crippen LogP contribution in [0.15, 0.2) is 40.5 Å². The summed E-state index contributed by atoms with van der Waals surface area (Å²) >= 11 is 1.64. The molecular formula is C24H28N4O2S. The minimum absolute atomic E-state index is 0.0500. The molecule has 2 aliphatic rings. The van der Waals surface area contributed by atoms with E-state index in [9.17, 15) is 9.59 Å². The summed E-state index contributed by atoms with van der Waals surface area (Å²) in [6.45, 7) is 0.647. The van der Waals surface area contributed by atoms with E-state index in [1.54, 1.807) is 15.9 Å². The molecule has 2 aromatic heterocycles. The van der Waals surface area contributed by atoms with E-state index in [1.165, 1.54) is 28.7 Å². The van der Waals surface area contributed by atoms with Crippen LogP contribution in [0.5, 0.6) is 0 Å². The molecule has 7 heteroatoms. The molecular weight excluding hydrogens is 408 g/mol. The Balaban J connectivity index is 1.38. The molecule has 3 aromatic rings. The number of nitrogens with one attached hydrogen (secondary N) is 1. The molecule has 3 heterocycles. The standard InChI is InChI=1S/C24H28N4O2S/c29-22(16-28-24(30)27-13-5-1-2-10-21(27)26-28)25-23(20-9-6-14-31-20)19-12-11-17-7-3-4-8-18(17)15-19/h6,9,11-12,14-15,23H,1-5,7-8,10,13,16H2,(H,25,29)/t23-/m0/s1. The summed E-state index contributed by atoms with van der Waals surface area (Å²) in [5.74, 6) is 0.617. The molecule has 1 aromatic carbocycles. The van der Waals surface area contributed by atoms with Gasteiger partial charge in [-0.05, 0) is 66.7 Å². The van der Waals surface area contributed by atoms with Crippen LogP contribution in [0.3, 0.4) is 0 Å². The summed E-state index contributed by atoms with van der Waals surface area (Å²) in [5.41, 5.74) is 3.75. The first-order chi connectivity index (χ1) is 15.2. The smallest absolute Gasteiger partial charge is 0.343 e. The zero-order chi connectivity index (χ0) is 21.2. The molecule has 5 rings (SSSR count). The van der Waals surface area contributed by atoms with E-state index in [2.05, 4.69) is 34.7 Å². The van der Waals surface area contributed by atoms with Crippen molar-refractivity contribution in [3.63, 3.8) is 0 Å². The molecule has 0 saturated heterocycles. The van der Waals surface area contributed by atoms with Crippen molar-refractivity contribution in [2.45, 2.75) is 70.5 Å². The maximum Gasteiger partial charge on any atom is 0.346 e. The van der Waals surface area contributed by atoms with Gasteiger partial charge in [-0.1, -0.05) is 30.7 Å². The second-order valence-corrected chi connectivity index (χ2v) is 9.55. The number of nitrogens with zero attached hydrogens (tertiary/aromatic N) is 3. The van der Waals surface area contributed by atoms with Crippen LogP contribution < -0.4 is 11.0 Å². The lowest BCUT2D eigenvalue weighted by Gasteiger charge is -2.22. The van der Waals surface area contributed by atoms with Gasteiger partial charge in [0.1, 0.15) is 12.4 Å². The van der Waals surface area contributed by atoms with Gasteiger partial charge in [-0.15, -0.1) is 11.3 Å². The van der Waals surface area contributed by atoms with E-state index in [0.717, 1.165) is 54.8 Å². The Morgan fingerprint density at radius 3 is 2.74 bits per heavy atom. The number of benzene rings is 1. The van der Waals surface area contributed by atoms with Crippen LogP contribution in [0.25, 0.3) is 0 Å². The number of hydrogen-bond donors (Lipinski definition) is 1. The summed E-state index contributed by atoms with van der Waals surface area (Å²) in [5, 5.41) is 9.66. The predicted molar refractivity (Wildman–Crippen MR) is 121 cm³/mol. The zero-order valence-electron chi connectivity index (χ0n) is 17.7. The Hall–Kier alpha value is -2.67. The second-order valence-electron chi connectivity index (χ2n) is 8.57. The van der Waals surface area contributed by atoms with Gasteiger partial charge in [0.2, 0.25) is 5.91 Å². The number of rotatable bonds is 5. The van der Waals surface area contributed by atoms with E-state index in [1.807, 2.05) is 11.4 Å². The predicted octanol–water partition coefficient (Wildman–Crippen LogP) is 3.62. The van der Waals surface area contributed by atoms with E-state index in [4.69, 9.17) is 0 Å². The van der Waals surface area contributed by atoms with Crippen LogP contribution in [0.1, 0.15) is 65.5 Å². The zero-order valence-corrected chi connectivity index (χ0v) is 18.5. The third kappa shape index (κ3) is 4.24. The van der Waals surface area contributed by atoms with Crippen LogP contribution in [-0.4, -0.2) is 20.3 Å². The lowest BCUT2D eigenvalue weighted by Crippen LogP contribution is -2.36. The fourth-order valence-corrected chi connectivity index (χ4v) is 5.58. The quantitative estimate of drug-likeness (QED) is 0.664. The summed E-state index contributed by atoms with van der Waals surface area (Å²) in [6.07, 6.45) is 8.67. The molecule has 0 fully saturated rings. The van der Waals surface area contributed by atoms with Gasteiger partial charge in [0.25, 0.3) is 0 Å². The highest BCUT2D eigenvalue weighted by Crippen LogP contribution is 2.30. The van der Waals surface area contributed by atoms with Gasteiger partial charge in [-0.25, -0.2) is 9.48 Å². The third-order valence-electron chi connectivity index (χ3n) is 6.41. The minimum Gasteiger partial charge on any atom is -0.343 e. The molecule has 0 radical (unpaired) electrons.